The molecule has 0 amide bonds. The molecule has 1 unspecified atom stereocenters. The Morgan fingerprint density at radius 3 is 2.35 bits per heavy atom. The first kappa shape index (κ1) is 14.1. The van der Waals surface area contributed by atoms with E-state index in [1.165, 1.54) is 4.90 Å². The maximum absolute atomic E-state index is 13.8. The first-order chi connectivity index (χ1) is 9.41. The first-order valence-electron chi connectivity index (χ1n) is 5.79. The lowest BCUT2D eigenvalue weighted by atomic mass is 10.1. The summed E-state index contributed by atoms with van der Waals surface area (Å²) in [5.74, 6) is -1.09. The first-order valence-corrected chi connectivity index (χ1v) is 7.34. The lowest BCUT2D eigenvalue weighted by Crippen LogP contribution is -2.03. The van der Waals surface area contributed by atoms with Gasteiger partial charge in [-0.05, 0) is 29.8 Å². The van der Waals surface area contributed by atoms with Gasteiger partial charge in [-0.2, -0.15) is 0 Å². The molecule has 1 atom stereocenters. The van der Waals surface area contributed by atoms with Crippen molar-refractivity contribution in [2.45, 2.75) is 10.5 Å². The number of hydrogen-bond acceptors (Lipinski definition) is 1. The molecule has 0 aliphatic carbocycles. The molecule has 0 spiro atoms. The van der Waals surface area contributed by atoms with Gasteiger partial charge in [0, 0.05) is 10.5 Å². The summed E-state index contributed by atoms with van der Waals surface area (Å²) in [6.07, 6.45) is 0. The summed E-state index contributed by atoms with van der Waals surface area (Å²) in [6, 6.07) is 10.2. The van der Waals surface area contributed by atoms with Crippen LogP contribution >= 0.6 is 39.1 Å². The number of nitrogens with zero attached hydrogens (tertiary/aromatic N) is 1. The summed E-state index contributed by atoms with van der Waals surface area (Å²) in [5, 5.41) is 0. The van der Waals surface area contributed by atoms with Crippen molar-refractivity contribution in [1.82, 2.24) is 0 Å². The predicted octanol–water partition coefficient (Wildman–Crippen LogP) is 5.42. The van der Waals surface area contributed by atoms with Crippen molar-refractivity contribution in [1.29, 1.82) is 0 Å². The number of rotatable bonds is 2. The summed E-state index contributed by atoms with van der Waals surface area (Å²) >= 11 is 15.7. The highest BCUT2D eigenvalue weighted by Crippen LogP contribution is 2.61. The van der Waals surface area contributed by atoms with Crippen LogP contribution in [-0.2, 0) is 0 Å². The van der Waals surface area contributed by atoms with E-state index in [-0.39, 0.29) is 5.69 Å². The van der Waals surface area contributed by atoms with Crippen LogP contribution in [0.1, 0.15) is 11.6 Å². The Bertz CT molecular complexity index is 661. The van der Waals surface area contributed by atoms with Gasteiger partial charge in [-0.3, -0.25) is 0 Å². The maximum Gasteiger partial charge on any atom is 0.216 e. The fraction of sp³-hybridized carbons (Fsp3) is 0.143. The monoisotopic (exact) mass is 377 g/mol. The van der Waals surface area contributed by atoms with Crippen LogP contribution in [0.25, 0.3) is 0 Å². The van der Waals surface area contributed by atoms with E-state index in [0.29, 0.717) is 0 Å². The van der Waals surface area contributed by atoms with E-state index >= 15 is 0 Å². The highest BCUT2D eigenvalue weighted by molar-refractivity contribution is 9.10. The van der Waals surface area contributed by atoms with Crippen molar-refractivity contribution in [3.05, 3.63) is 64.1 Å². The van der Waals surface area contributed by atoms with Gasteiger partial charge in [0.2, 0.25) is 4.46 Å². The molecular weight excluding hydrogens is 371 g/mol. The van der Waals surface area contributed by atoms with Crippen LogP contribution in [0.3, 0.4) is 0 Å². The van der Waals surface area contributed by atoms with E-state index in [1.54, 1.807) is 0 Å². The topological polar surface area (TPSA) is 3.01 Å². The summed E-state index contributed by atoms with van der Waals surface area (Å²) in [7, 11) is 0. The quantitative estimate of drug-likeness (QED) is 0.383. The molecule has 0 aromatic heterocycles. The molecule has 6 heteroatoms. The third-order valence-corrected chi connectivity index (χ3v) is 4.50. The molecule has 0 N–H and O–H groups in total. The molecule has 1 saturated heterocycles. The zero-order valence-corrected chi connectivity index (χ0v) is 13.1. The van der Waals surface area contributed by atoms with Gasteiger partial charge < -0.3 is 4.90 Å². The molecule has 0 saturated carbocycles. The zero-order chi connectivity index (χ0) is 14.5. The molecule has 3 rings (SSSR count). The number of halogens is 5. The van der Waals surface area contributed by atoms with Crippen molar-refractivity contribution in [2.24, 2.45) is 0 Å². The predicted molar refractivity (Wildman–Crippen MR) is 80.2 cm³/mol. The molecule has 0 radical (unpaired) electrons. The second-order valence-electron chi connectivity index (χ2n) is 4.51. The van der Waals surface area contributed by atoms with Crippen LogP contribution < -0.4 is 4.90 Å². The van der Waals surface area contributed by atoms with Crippen LogP contribution in [0.2, 0.25) is 0 Å². The lowest BCUT2D eigenvalue weighted by molar-refractivity contribution is 0.601. The number of hydrogen-bond donors (Lipinski definition) is 0. The largest absolute Gasteiger partial charge is 0.324 e. The Kier molecular flexibility index (Phi) is 3.43. The normalized spacial score (nSPS) is 20.1. The fourth-order valence-corrected chi connectivity index (χ4v) is 3.20. The van der Waals surface area contributed by atoms with Crippen LogP contribution in [-0.4, -0.2) is 4.46 Å². The summed E-state index contributed by atoms with van der Waals surface area (Å²) < 4.78 is 26.7. The SMILES string of the molecule is Fc1ccc(F)c(N2C(c3ccc(Br)cc3)C2(Cl)Cl)c1. The fourth-order valence-electron chi connectivity index (χ4n) is 2.21. The van der Waals surface area contributed by atoms with Crippen molar-refractivity contribution >= 4 is 44.8 Å². The van der Waals surface area contributed by atoms with Gasteiger partial charge in [0.1, 0.15) is 17.7 Å². The Morgan fingerprint density at radius 1 is 1.05 bits per heavy atom. The molecule has 1 aliphatic rings. The van der Waals surface area contributed by atoms with Crippen molar-refractivity contribution in [2.75, 3.05) is 4.90 Å². The molecule has 2 aromatic carbocycles. The highest BCUT2D eigenvalue weighted by atomic mass is 79.9. The molecule has 2 aromatic rings. The summed E-state index contributed by atoms with van der Waals surface area (Å²) in [6.45, 7) is 0. The molecule has 1 heterocycles. The van der Waals surface area contributed by atoms with E-state index in [9.17, 15) is 8.78 Å². The minimum atomic E-state index is -1.28. The highest BCUT2D eigenvalue weighted by Gasteiger charge is 2.62. The molecule has 104 valence electrons. The average Bonchev–Trinajstić information content (AvgIpc) is 2.96. The minimum absolute atomic E-state index is 0.0583. The smallest absolute Gasteiger partial charge is 0.216 e. The zero-order valence-electron chi connectivity index (χ0n) is 9.96. The summed E-state index contributed by atoms with van der Waals surface area (Å²) in [4.78, 5) is 1.44. The van der Waals surface area contributed by atoms with Crippen LogP contribution in [0, 0.1) is 11.6 Å². The number of anilines is 1. The molecule has 20 heavy (non-hydrogen) atoms. The van der Waals surface area contributed by atoms with E-state index in [2.05, 4.69) is 15.9 Å². The van der Waals surface area contributed by atoms with Crippen molar-refractivity contribution in [3.63, 3.8) is 0 Å². The third-order valence-electron chi connectivity index (χ3n) is 3.19. The molecular formula is C14H8BrCl2F2N. The maximum atomic E-state index is 13.8. The molecule has 0 bridgehead atoms. The van der Waals surface area contributed by atoms with Crippen LogP contribution in [0.4, 0.5) is 14.5 Å². The third kappa shape index (κ3) is 2.30. The molecule has 1 nitrogen and oxygen atoms in total. The second-order valence-corrected chi connectivity index (χ2v) is 6.77. The van der Waals surface area contributed by atoms with Crippen molar-refractivity contribution < 1.29 is 8.78 Å². The van der Waals surface area contributed by atoms with Crippen LogP contribution in [0.15, 0.2) is 46.9 Å². The Hall–Kier alpha value is -0.840. The standard InChI is InChI=1S/C14H8BrCl2F2N/c15-9-3-1-8(2-4-9)13-14(16,17)20(13)12-7-10(18)5-6-11(12)19/h1-7,13H. The number of alkyl halides is 2. The Balaban J connectivity index is 1.99. The minimum Gasteiger partial charge on any atom is -0.324 e. The Morgan fingerprint density at radius 2 is 1.70 bits per heavy atom. The second kappa shape index (κ2) is 4.86. The van der Waals surface area contributed by atoms with Crippen molar-refractivity contribution in [3.8, 4) is 0 Å². The van der Waals surface area contributed by atoms with Gasteiger partial charge in [-0.25, -0.2) is 8.78 Å². The van der Waals surface area contributed by atoms with E-state index in [1.807, 2.05) is 24.3 Å². The Labute approximate surface area is 133 Å². The van der Waals surface area contributed by atoms with Gasteiger partial charge in [0.25, 0.3) is 0 Å². The average molecular weight is 379 g/mol. The van der Waals surface area contributed by atoms with Gasteiger partial charge in [0.05, 0.1) is 5.69 Å². The number of benzene rings is 2. The summed E-state index contributed by atoms with van der Waals surface area (Å²) in [5.41, 5.74) is 0.893. The molecule has 1 fully saturated rings. The van der Waals surface area contributed by atoms with Gasteiger partial charge in [0.15, 0.2) is 0 Å². The van der Waals surface area contributed by atoms with Gasteiger partial charge in [-0.1, -0.05) is 51.3 Å². The van der Waals surface area contributed by atoms with Crippen LogP contribution in [0.5, 0.6) is 0 Å². The van der Waals surface area contributed by atoms with Gasteiger partial charge in [-0.15, -0.1) is 0 Å². The van der Waals surface area contributed by atoms with Gasteiger partial charge >= 0.3 is 0 Å². The van der Waals surface area contributed by atoms with E-state index in [0.717, 1.165) is 28.2 Å². The lowest BCUT2D eigenvalue weighted by Gasteiger charge is -2.07. The molecule has 1 aliphatic heterocycles. The van der Waals surface area contributed by atoms with E-state index < -0.39 is 22.1 Å². The van der Waals surface area contributed by atoms with E-state index in [4.69, 9.17) is 23.2 Å².